The third kappa shape index (κ3) is 4.85. The van der Waals surface area contributed by atoms with E-state index < -0.39 is 0 Å². The zero-order valence-electron chi connectivity index (χ0n) is 16.9. The maximum atomic E-state index is 10.3. The van der Waals surface area contributed by atoms with E-state index in [1.165, 1.54) is 30.4 Å². The Morgan fingerprint density at radius 3 is 2.39 bits per heavy atom. The molecule has 148 valence electrons. The summed E-state index contributed by atoms with van der Waals surface area (Å²) in [7, 11) is 0. The molecular formula is C25H31BrN2. The molecule has 0 radical (unpaired) electrons. The molecule has 1 atom stereocenters. The van der Waals surface area contributed by atoms with Gasteiger partial charge in [0, 0.05) is 11.0 Å². The van der Waals surface area contributed by atoms with Crippen LogP contribution in [-0.4, -0.2) is 18.0 Å². The van der Waals surface area contributed by atoms with Crippen molar-refractivity contribution in [2.45, 2.75) is 57.4 Å². The molecule has 2 nitrogen and oxygen atoms in total. The van der Waals surface area contributed by atoms with Crippen LogP contribution in [-0.2, 0) is 12.0 Å². The molecule has 28 heavy (non-hydrogen) atoms. The lowest BCUT2D eigenvalue weighted by Gasteiger charge is -2.42. The normalized spacial score (nSPS) is 16.4. The van der Waals surface area contributed by atoms with Gasteiger partial charge in [-0.1, -0.05) is 77.8 Å². The fraction of sp³-hybridized carbons (Fsp3) is 0.480. The zero-order chi connectivity index (χ0) is 19.8. The summed E-state index contributed by atoms with van der Waals surface area (Å²) in [4.78, 5) is 2.54. The predicted molar refractivity (Wildman–Crippen MR) is 120 cm³/mol. The summed E-state index contributed by atoms with van der Waals surface area (Å²) in [6, 6.07) is 21.8. The second-order valence-electron chi connectivity index (χ2n) is 8.06. The van der Waals surface area contributed by atoms with Gasteiger partial charge < -0.3 is 0 Å². The van der Waals surface area contributed by atoms with Crippen LogP contribution in [0.25, 0.3) is 0 Å². The number of hydrogen-bond acceptors (Lipinski definition) is 2. The van der Waals surface area contributed by atoms with Gasteiger partial charge in [-0.3, -0.25) is 4.90 Å². The van der Waals surface area contributed by atoms with E-state index in [2.05, 4.69) is 82.4 Å². The summed E-state index contributed by atoms with van der Waals surface area (Å²) >= 11 is 3.72. The minimum atomic E-state index is -0.358. The molecule has 1 saturated carbocycles. The van der Waals surface area contributed by atoms with Crippen molar-refractivity contribution in [3.63, 3.8) is 0 Å². The lowest BCUT2D eigenvalue weighted by molar-refractivity contribution is 0.182. The Morgan fingerprint density at radius 1 is 1.07 bits per heavy atom. The van der Waals surface area contributed by atoms with Crippen molar-refractivity contribution < 1.29 is 0 Å². The summed E-state index contributed by atoms with van der Waals surface area (Å²) in [5.41, 5.74) is 2.20. The molecule has 2 aromatic rings. The van der Waals surface area contributed by atoms with Gasteiger partial charge in [0.05, 0.1) is 11.5 Å². The number of nitrogens with zero attached hydrogens (tertiary/aromatic N) is 2. The van der Waals surface area contributed by atoms with Gasteiger partial charge in [-0.2, -0.15) is 5.26 Å². The first-order valence-electron chi connectivity index (χ1n) is 10.6. The van der Waals surface area contributed by atoms with Gasteiger partial charge in [-0.25, -0.2) is 0 Å². The average molecular weight is 439 g/mol. The summed E-state index contributed by atoms with van der Waals surface area (Å²) < 4.78 is 1.08. The van der Waals surface area contributed by atoms with Crippen LogP contribution in [0.15, 0.2) is 59.1 Å². The van der Waals surface area contributed by atoms with Crippen molar-refractivity contribution in [3.8, 4) is 6.07 Å². The zero-order valence-corrected chi connectivity index (χ0v) is 18.5. The van der Waals surface area contributed by atoms with Crippen LogP contribution in [0.1, 0.15) is 56.6 Å². The van der Waals surface area contributed by atoms with E-state index in [1.807, 2.05) is 6.07 Å². The average Bonchev–Trinajstić information content (AvgIpc) is 2.67. The van der Waals surface area contributed by atoms with Crippen LogP contribution in [0.2, 0.25) is 0 Å². The Morgan fingerprint density at radius 2 is 1.79 bits per heavy atom. The van der Waals surface area contributed by atoms with Gasteiger partial charge >= 0.3 is 0 Å². The Kier molecular flexibility index (Phi) is 7.71. The smallest absolute Gasteiger partial charge is 0.0861 e. The summed E-state index contributed by atoms with van der Waals surface area (Å²) in [6.45, 7) is 5.38. The summed E-state index contributed by atoms with van der Waals surface area (Å²) in [5, 5.41) is 10.3. The van der Waals surface area contributed by atoms with Crippen LogP contribution < -0.4 is 0 Å². The molecule has 0 heterocycles. The maximum Gasteiger partial charge on any atom is 0.0861 e. The molecule has 0 bridgehead atoms. The van der Waals surface area contributed by atoms with Crippen molar-refractivity contribution >= 4 is 15.9 Å². The van der Waals surface area contributed by atoms with Crippen molar-refractivity contribution in [1.29, 1.82) is 5.26 Å². The number of nitriles is 1. The van der Waals surface area contributed by atoms with Crippen molar-refractivity contribution in [1.82, 2.24) is 4.90 Å². The lowest BCUT2D eigenvalue weighted by atomic mass is 9.61. The predicted octanol–water partition coefficient (Wildman–Crippen LogP) is 6.70. The van der Waals surface area contributed by atoms with Crippen LogP contribution in [0, 0.1) is 17.2 Å². The third-order valence-corrected chi connectivity index (χ3v) is 6.88. The molecule has 0 saturated heterocycles. The second kappa shape index (κ2) is 10.2. The van der Waals surface area contributed by atoms with Gasteiger partial charge in [0.2, 0.25) is 0 Å². The SMILES string of the molecule is CCCN(CCCC(C#N)(c1ccccc1Br)C1CCC1)Cc1ccccc1. The highest BCUT2D eigenvalue weighted by Crippen LogP contribution is 2.48. The van der Waals surface area contributed by atoms with E-state index >= 15 is 0 Å². The largest absolute Gasteiger partial charge is 0.299 e. The number of benzene rings is 2. The molecule has 1 fully saturated rings. The Labute approximate surface area is 178 Å². The lowest BCUT2D eigenvalue weighted by Crippen LogP contribution is -2.39. The van der Waals surface area contributed by atoms with Crippen molar-refractivity contribution in [3.05, 3.63) is 70.2 Å². The third-order valence-electron chi connectivity index (χ3n) is 6.19. The molecule has 0 N–H and O–H groups in total. The van der Waals surface area contributed by atoms with Gasteiger partial charge in [-0.05, 0) is 68.3 Å². The number of halogens is 1. The maximum absolute atomic E-state index is 10.3. The molecule has 3 rings (SSSR count). The first-order chi connectivity index (χ1) is 13.7. The van der Waals surface area contributed by atoms with Gasteiger partial charge in [0.1, 0.15) is 0 Å². The molecule has 1 unspecified atom stereocenters. The Balaban J connectivity index is 1.71. The standard InChI is InChI=1S/C25H31BrN2/c1-2-17-28(19-21-10-4-3-5-11-21)18-9-16-25(20-27,22-12-8-13-22)23-14-6-7-15-24(23)26/h3-7,10-11,14-15,22H,2,8-9,12-13,16-19H2,1H3. The van der Waals surface area contributed by atoms with E-state index in [0.717, 1.165) is 43.4 Å². The van der Waals surface area contributed by atoms with Crippen LogP contribution >= 0.6 is 15.9 Å². The van der Waals surface area contributed by atoms with Crippen LogP contribution in [0.3, 0.4) is 0 Å². The Hall–Kier alpha value is -1.63. The van der Waals surface area contributed by atoms with E-state index in [1.54, 1.807) is 0 Å². The molecule has 0 aromatic heterocycles. The van der Waals surface area contributed by atoms with E-state index in [0.29, 0.717) is 5.92 Å². The molecule has 2 aromatic carbocycles. The second-order valence-corrected chi connectivity index (χ2v) is 8.91. The van der Waals surface area contributed by atoms with Crippen molar-refractivity contribution in [2.24, 2.45) is 5.92 Å². The number of rotatable bonds is 10. The first-order valence-corrected chi connectivity index (χ1v) is 11.4. The highest BCUT2D eigenvalue weighted by Gasteiger charge is 2.44. The van der Waals surface area contributed by atoms with Gasteiger partial charge in [0.25, 0.3) is 0 Å². The fourth-order valence-corrected chi connectivity index (χ4v) is 5.14. The first kappa shape index (κ1) is 21.1. The van der Waals surface area contributed by atoms with E-state index in [9.17, 15) is 5.26 Å². The number of hydrogen-bond donors (Lipinski definition) is 0. The molecule has 1 aliphatic carbocycles. The summed E-state index contributed by atoms with van der Waals surface area (Å²) in [6.07, 6.45) is 6.76. The molecule has 0 spiro atoms. The fourth-order valence-electron chi connectivity index (χ4n) is 4.50. The topological polar surface area (TPSA) is 27.0 Å². The van der Waals surface area contributed by atoms with Crippen LogP contribution in [0.4, 0.5) is 0 Å². The monoisotopic (exact) mass is 438 g/mol. The van der Waals surface area contributed by atoms with Gasteiger partial charge in [-0.15, -0.1) is 0 Å². The van der Waals surface area contributed by atoms with Crippen LogP contribution in [0.5, 0.6) is 0 Å². The molecule has 3 heteroatoms. The molecular weight excluding hydrogens is 408 g/mol. The Bertz CT molecular complexity index is 779. The highest BCUT2D eigenvalue weighted by atomic mass is 79.9. The van der Waals surface area contributed by atoms with E-state index in [4.69, 9.17) is 0 Å². The minimum Gasteiger partial charge on any atom is -0.299 e. The quantitative estimate of drug-likeness (QED) is 0.412. The molecule has 0 amide bonds. The highest BCUT2D eigenvalue weighted by molar-refractivity contribution is 9.10. The summed E-state index contributed by atoms with van der Waals surface area (Å²) in [5.74, 6) is 0.491. The molecule has 0 aliphatic heterocycles. The van der Waals surface area contributed by atoms with E-state index in [-0.39, 0.29) is 5.41 Å². The van der Waals surface area contributed by atoms with Gasteiger partial charge in [0.15, 0.2) is 0 Å². The molecule has 1 aliphatic rings. The van der Waals surface area contributed by atoms with Crippen molar-refractivity contribution in [2.75, 3.05) is 13.1 Å². The minimum absolute atomic E-state index is 0.358.